The van der Waals surface area contributed by atoms with Crippen LogP contribution in [0.2, 0.25) is 0 Å². The molecule has 1 aliphatic rings. The summed E-state index contributed by atoms with van der Waals surface area (Å²) in [6.07, 6.45) is 3.92. The number of rotatable bonds is 20. The average Bonchev–Trinajstić information content (AvgIpc) is 3.79. The standard InChI is InChI=1S/C39H54N10O14S2/c1-11-13-17-59-26-19-23(40-20-27(26)60-18-14-12-2)29-44-49(36(56)47(29)15-16-50)65(57,58)46-34(54)48-21-24(31(48)52)41-30(51)28(45-63-39(9,10)32(53)61-37(3,4)5)25-22-64-33(42-25)43-35(55)62-38(6,7)8/h16,19-20,22,24H,11-15,17-18,21H2,1-10H3,(H,41,51)(H,46,54)(H,42,43,55)/b45-28-/t24-/m0/s1. The Balaban J connectivity index is 1.54. The number of anilines is 1. The topological polar surface area (TPSA) is 300 Å². The molecule has 1 aliphatic heterocycles. The normalized spacial score (nSPS) is 14.5. The molecule has 3 aromatic heterocycles. The van der Waals surface area contributed by atoms with Gasteiger partial charge in [0.2, 0.25) is 5.60 Å². The number of esters is 1. The minimum absolute atomic E-state index is 0.0186. The van der Waals surface area contributed by atoms with Gasteiger partial charge in [-0.05, 0) is 68.2 Å². The van der Waals surface area contributed by atoms with Crippen LogP contribution in [0, 0.1) is 0 Å². The molecule has 0 saturated carbocycles. The van der Waals surface area contributed by atoms with E-state index in [1.807, 2.05) is 13.8 Å². The lowest BCUT2D eigenvalue weighted by molar-refractivity contribution is -0.179. The number of urea groups is 1. The Morgan fingerprint density at radius 1 is 0.954 bits per heavy atom. The number of amides is 5. The SMILES string of the molecule is CCCCOc1cnc(-c2nn(S(=O)(=O)NC(=O)N3C[C@H](NC(=O)/C(=N\OC(C)(C)C(=O)OC(C)(C)C)c4csc(NC(=O)OC(C)(C)C)n4)C3=O)c(=O)n2CC=O)cc1OCCCC. The first-order valence-electron chi connectivity index (χ1n) is 20.3. The van der Waals surface area contributed by atoms with Gasteiger partial charge in [-0.25, -0.2) is 33.9 Å². The van der Waals surface area contributed by atoms with Gasteiger partial charge in [-0.15, -0.1) is 16.4 Å². The van der Waals surface area contributed by atoms with E-state index in [0.29, 0.717) is 41.1 Å². The highest BCUT2D eigenvalue weighted by Crippen LogP contribution is 2.31. The van der Waals surface area contributed by atoms with Crippen molar-refractivity contribution in [2.75, 3.05) is 25.1 Å². The van der Waals surface area contributed by atoms with Crippen molar-refractivity contribution in [1.82, 2.24) is 38.7 Å². The van der Waals surface area contributed by atoms with Crippen molar-refractivity contribution in [3.63, 3.8) is 0 Å². The molecule has 0 aromatic carbocycles. The zero-order valence-corrected chi connectivity index (χ0v) is 39.3. The van der Waals surface area contributed by atoms with Gasteiger partial charge in [0.15, 0.2) is 28.2 Å². The number of nitrogens with one attached hydrogen (secondary N) is 3. The number of carbonyl (C=O) groups excluding carboxylic acids is 6. The molecule has 5 amide bonds. The van der Waals surface area contributed by atoms with Crippen molar-refractivity contribution in [3.8, 4) is 23.0 Å². The van der Waals surface area contributed by atoms with Crippen molar-refractivity contribution in [3.05, 3.63) is 33.8 Å². The lowest BCUT2D eigenvalue weighted by atomic mass is 10.1. The third-order valence-corrected chi connectivity index (χ3v) is 10.3. The molecule has 0 unspecified atom stereocenters. The Bertz CT molecular complexity index is 2460. The largest absolute Gasteiger partial charge is 0.490 e. The minimum atomic E-state index is -5.19. The highest BCUT2D eigenvalue weighted by molar-refractivity contribution is 7.88. The van der Waals surface area contributed by atoms with E-state index < -0.39 is 87.5 Å². The van der Waals surface area contributed by atoms with E-state index in [2.05, 4.69) is 30.9 Å². The lowest BCUT2D eigenvalue weighted by Crippen LogP contribution is -2.68. The van der Waals surface area contributed by atoms with E-state index in [4.69, 9.17) is 23.8 Å². The maximum Gasteiger partial charge on any atom is 0.413 e. The minimum Gasteiger partial charge on any atom is -0.490 e. The van der Waals surface area contributed by atoms with Gasteiger partial charge in [0, 0.05) is 11.4 Å². The molecule has 3 N–H and O–H groups in total. The van der Waals surface area contributed by atoms with Crippen molar-refractivity contribution in [2.45, 2.75) is 124 Å². The fraction of sp³-hybridized carbons (Fsp3) is 0.564. The summed E-state index contributed by atoms with van der Waals surface area (Å²) in [6.45, 7) is 15.9. The molecule has 0 radical (unpaired) electrons. The molecular weight excluding hydrogens is 897 g/mol. The van der Waals surface area contributed by atoms with Gasteiger partial charge >= 0.3 is 34.0 Å². The zero-order valence-electron chi connectivity index (χ0n) is 37.7. The fourth-order valence-corrected chi connectivity index (χ4v) is 6.76. The van der Waals surface area contributed by atoms with E-state index >= 15 is 0 Å². The highest BCUT2D eigenvalue weighted by atomic mass is 32.2. The molecule has 24 nitrogen and oxygen atoms in total. The average molecular weight is 951 g/mol. The van der Waals surface area contributed by atoms with E-state index in [1.165, 1.54) is 31.5 Å². The second-order valence-corrected chi connectivity index (χ2v) is 19.1. The summed E-state index contributed by atoms with van der Waals surface area (Å²) in [5.74, 6) is -2.84. The molecule has 0 spiro atoms. The number of aromatic nitrogens is 5. The molecule has 4 heterocycles. The second-order valence-electron chi connectivity index (χ2n) is 16.7. The molecule has 4 rings (SSSR count). The number of β-lactam (4-membered cyclic amide) rings is 1. The van der Waals surface area contributed by atoms with Crippen LogP contribution in [0.15, 0.2) is 27.6 Å². The zero-order chi connectivity index (χ0) is 48.5. The molecule has 356 valence electrons. The third-order valence-electron chi connectivity index (χ3n) is 8.41. The summed E-state index contributed by atoms with van der Waals surface area (Å²) in [5.41, 5.74) is -5.64. The quantitative estimate of drug-likeness (QED) is 0.0366. The van der Waals surface area contributed by atoms with Crippen molar-refractivity contribution < 1.29 is 61.0 Å². The number of aldehydes is 1. The van der Waals surface area contributed by atoms with Crippen LogP contribution in [-0.2, 0) is 50.2 Å². The number of carbonyl (C=O) groups is 6. The van der Waals surface area contributed by atoms with Crippen LogP contribution in [-0.4, -0.2) is 122 Å². The first kappa shape index (κ1) is 51.2. The number of pyridine rings is 1. The Labute approximate surface area is 378 Å². The van der Waals surface area contributed by atoms with Crippen LogP contribution in [0.5, 0.6) is 11.5 Å². The molecule has 1 saturated heterocycles. The number of hydrogen-bond acceptors (Lipinski definition) is 19. The Hall–Kier alpha value is -6.44. The maximum atomic E-state index is 13.7. The fourth-order valence-electron chi connectivity index (χ4n) is 5.17. The number of thiazole rings is 1. The molecule has 26 heteroatoms. The van der Waals surface area contributed by atoms with Gasteiger partial charge in [-0.1, -0.05) is 35.9 Å². The molecule has 1 atom stereocenters. The lowest BCUT2D eigenvalue weighted by Gasteiger charge is -2.36. The monoisotopic (exact) mass is 950 g/mol. The van der Waals surface area contributed by atoms with Crippen LogP contribution in [0.3, 0.4) is 0 Å². The highest BCUT2D eigenvalue weighted by Gasteiger charge is 2.44. The van der Waals surface area contributed by atoms with Crippen molar-refractivity contribution >= 4 is 68.6 Å². The van der Waals surface area contributed by atoms with Crippen molar-refractivity contribution in [1.29, 1.82) is 0 Å². The summed E-state index contributed by atoms with van der Waals surface area (Å²) < 4.78 is 51.5. The number of hydrogen-bond donors (Lipinski definition) is 3. The summed E-state index contributed by atoms with van der Waals surface area (Å²) >= 11 is 0.878. The molecular formula is C39H54N10O14S2. The van der Waals surface area contributed by atoms with Gasteiger partial charge in [0.1, 0.15) is 34.9 Å². The molecule has 1 fully saturated rings. The first-order valence-corrected chi connectivity index (χ1v) is 22.7. The number of imide groups is 1. The van der Waals surface area contributed by atoms with Crippen LogP contribution in [0.25, 0.3) is 11.5 Å². The smallest absolute Gasteiger partial charge is 0.413 e. The predicted octanol–water partition coefficient (Wildman–Crippen LogP) is 3.14. The van der Waals surface area contributed by atoms with Gasteiger partial charge in [0.05, 0.1) is 32.5 Å². The summed E-state index contributed by atoms with van der Waals surface area (Å²) in [7, 11) is -5.19. The molecule has 65 heavy (non-hydrogen) atoms. The molecule has 0 bridgehead atoms. The van der Waals surface area contributed by atoms with E-state index in [-0.39, 0.29) is 32.2 Å². The molecule has 0 aliphatic carbocycles. The third kappa shape index (κ3) is 13.8. The van der Waals surface area contributed by atoms with Gasteiger partial charge in [-0.2, -0.15) is 8.42 Å². The number of oxime groups is 1. The van der Waals surface area contributed by atoms with Crippen LogP contribution >= 0.6 is 11.3 Å². The molecule has 3 aromatic rings. The Kier molecular flexibility index (Phi) is 16.6. The maximum absolute atomic E-state index is 13.7. The van der Waals surface area contributed by atoms with Gasteiger partial charge < -0.3 is 33.9 Å². The number of ether oxygens (including phenoxy) is 4. The second kappa shape index (κ2) is 21.0. The van der Waals surface area contributed by atoms with Crippen LogP contribution in [0.4, 0.5) is 14.7 Å². The summed E-state index contributed by atoms with van der Waals surface area (Å²) in [5, 5.41) is 13.8. The number of unbranched alkanes of at least 4 members (excludes halogenated alkanes) is 2. The van der Waals surface area contributed by atoms with E-state index in [9.17, 15) is 42.0 Å². The van der Waals surface area contributed by atoms with E-state index in [0.717, 1.165) is 30.6 Å². The van der Waals surface area contributed by atoms with Crippen LogP contribution < -0.4 is 30.5 Å². The number of likely N-dealkylation sites (tertiary alicyclic amines) is 1. The van der Waals surface area contributed by atoms with Gasteiger partial charge in [-0.3, -0.25) is 24.4 Å². The Morgan fingerprint density at radius 3 is 2.17 bits per heavy atom. The predicted molar refractivity (Wildman–Crippen MR) is 233 cm³/mol. The van der Waals surface area contributed by atoms with Gasteiger partial charge in [0.25, 0.3) is 11.8 Å². The van der Waals surface area contributed by atoms with Crippen molar-refractivity contribution in [2.24, 2.45) is 5.16 Å². The summed E-state index contributed by atoms with van der Waals surface area (Å²) in [4.78, 5) is 105. The summed E-state index contributed by atoms with van der Waals surface area (Å²) in [6, 6.07) is -1.56. The number of nitrogens with zero attached hydrogens (tertiary/aromatic N) is 7. The van der Waals surface area contributed by atoms with E-state index in [1.54, 1.807) is 46.3 Å². The Morgan fingerprint density at radius 2 is 1.58 bits per heavy atom. The van der Waals surface area contributed by atoms with Crippen LogP contribution in [0.1, 0.15) is 101 Å². The first-order chi connectivity index (χ1) is 30.3.